The molecule has 0 fully saturated rings. The summed E-state index contributed by atoms with van der Waals surface area (Å²) in [6.07, 6.45) is 1.21. The zero-order valence-corrected chi connectivity index (χ0v) is 9.78. The van der Waals surface area contributed by atoms with E-state index in [1.807, 2.05) is 30.3 Å². The van der Waals surface area contributed by atoms with Gasteiger partial charge in [-0.05, 0) is 31.6 Å². The first-order chi connectivity index (χ1) is 7.36. The standard InChI is InChI=1S/C13H21NO/c1-3-10-14(4-2)11-12-15-13-8-6-5-7-9-13/h5-9H,3-4,10-12H2,1-2H3. The molecule has 1 aromatic rings. The van der Waals surface area contributed by atoms with E-state index in [0.29, 0.717) is 0 Å². The van der Waals surface area contributed by atoms with Gasteiger partial charge in [0, 0.05) is 6.54 Å². The number of nitrogens with zero attached hydrogens (tertiary/aromatic N) is 1. The largest absolute Gasteiger partial charge is 0.492 e. The zero-order chi connectivity index (χ0) is 10.9. The average Bonchev–Trinajstić information content (AvgIpc) is 2.29. The van der Waals surface area contributed by atoms with Crippen molar-refractivity contribution in [3.8, 4) is 5.75 Å². The molecule has 0 spiro atoms. The lowest BCUT2D eigenvalue weighted by atomic mass is 10.3. The molecule has 2 heteroatoms. The van der Waals surface area contributed by atoms with Crippen LogP contribution in [0.15, 0.2) is 30.3 Å². The summed E-state index contributed by atoms with van der Waals surface area (Å²) in [6.45, 7) is 8.45. The van der Waals surface area contributed by atoms with E-state index in [2.05, 4.69) is 18.7 Å². The van der Waals surface area contributed by atoms with Crippen molar-refractivity contribution in [3.63, 3.8) is 0 Å². The molecule has 0 saturated carbocycles. The number of benzene rings is 1. The van der Waals surface area contributed by atoms with Crippen molar-refractivity contribution >= 4 is 0 Å². The third kappa shape index (κ3) is 4.84. The Morgan fingerprint density at radius 1 is 1.07 bits per heavy atom. The van der Waals surface area contributed by atoms with Gasteiger partial charge in [0.25, 0.3) is 0 Å². The monoisotopic (exact) mass is 207 g/mol. The molecule has 84 valence electrons. The highest BCUT2D eigenvalue weighted by molar-refractivity contribution is 5.20. The second-order valence-corrected chi connectivity index (χ2v) is 3.60. The van der Waals surface area contributed by atoms with Crippen molar-refractivity contribution in [2.45, 2.75) is 20.3 Å². The Balaban J connectivity index is 2.20. The van der Waals surface area contributed by atoms with Gasteiger partial charge in [0.1, 0.15) is 12.4 Å². The minimum absolute atomic E-state index is 0.776. The van der Waals surface area contributed by atoms with Gasteiger partial charge in [-0.15, -0.1) is 0 Å². The predicted molar refractivity (Wildman–Crippen MR) is 64.3 cm³/mol. The van der Waals surface area contributed by atoms with Crippen LogP contribution in [0, 0.1) is 0 Å². The molecule has 15 heavy (non-hydrogen) atoms. The van der Waals surface area contributed by atoms with Gasteiger partial charge in [-0.1, -0.05) is 32.0 Å². The van der Waals surface area contributed by atoms with Crippen LogP contribution in [0.1, 0.15) is 20.3 Å². The third-order valence-electron chi connectivity index (χ3n) is 2.41. The van der Waals surface area contributed by atoms with E-state index >= 15 is 0 Å². The van der Waals surface area contributed by atoms with Gasteiger partial charge in [-0.3, -0.25) is 0 Å². The molecule has 0 N–H and O–H groups in total. The van der Waals surface area contributed by atoms with Gasteiger partial charge in [-0.25, -0.2) is 0 Å². The normalized spacial score (nSPS) is 10.6. The summed E-state index contributed by atoms with van der Waals surface area (Å²) >= 11 is 0. The number of hydrogen-bond acceptors (Lipinski definition) is 2. The van der Waals surface area contributed by atoms with Crippen molar-refractivity contribution in [1.82, 2.24) is 4.90 Å². The van der Waals surface area contributed by atoms with Gasteiger partial charge in [0.15, 0.2) is 0 Å². The molecule has 1 aromatic carbocycles. The van der Waals surface area contributed by atoms with E-state index in [1.165, 1.54) is 6.42 Å². The lowest BCUT2D eigenvalue weighted by Crippen LogP contribution is -2.28. The highest BCUT2D eigenvalue weighted by Gasteiger charge is 2.00. The lowest BCUT2D eigenvalue weighted by Gasteiger charge is -2.19. The second-order valence-electron chi connectivity index (χ2n) is 3.60. The van der Waals surface area contributed by atoms with E-state index in [4.69, 9.17) is 4.74 Å². The molecule has 2 nitrogen and oxygen atoms in total. The second kappa shape index (κ2) is 7.30. The molecular weight excluding hydrogens is 186 g/mol. The minimum Gasteiger partial charge on any atom is -0.492 e. The molecule has 0 aromatic heterocycles. The smallest absolute Gasteiger partial charge is 0.119 e. The summed E-state index contributed by atoms with van der Waals surface area (Å²) in [7, 11) is 0. The van der Waals surface area contributed by atoms with Crippen LogP contribution in [0.5, 0.6) is 5.75 Å². The van der Waals surface area contributed by atoms with Crippen LogP contribution >= 0.6 is 0 Å². The number of rotatable bonds is 7. The number of hydrogen-bond donors (Lipinski definition) is 0. The van der Waals surface area contributed by atoms with Crippen molar-refractivity contribution < 1.29 is 4.74 Å². The quantitative estimate of drug-likeness (QED) is 0.681. The molecule has 0 atom stereocenters. The molecule has 0 aliphatic heterocycles. The first kappa shape index (κ1) is 12.1. The molecule has 0 aliphatic rings. The SMILES string of the molecule is CCCN(CC)CCOc1ccccc1. The number of likely N-dealkylation sites (N-methyl/N-ethyl adjacent to an activating group) is 1. The zero-order valence-electron chi connectivity index (χ0n) is 9.78. The van der Waals surface area contributed by atoms with Crippen LogP contribution < -0.4 is 4.74 Å². The highest BCUT2D eigenvalue weighted by atomic mass is 16.5. The molecule has 0 saturated heterocycles. The third-order valence-corrected chi connectivity index (χ3v) is 2.41. The molecule has 0 bridgehead atoms. The van der Waals surface area contributed by atoms with Crippen LogP contribution in [-0.2, 0) is 0 Å². The Bertz CT molecular complexity index is 248. The first-order valence-corrected chi connectivity index (χ1v) is 5.77. The molecule has 1 rings (SSSR count). The molecule has 0 amide bonds. The van der Waals surface area contributed by atoms with Crippen molar-refractivity contribution in [2.24, 2.45) is 0 Å². The van der Waals surface area contributed by atoms with E-state index in [9.17, 15) is 0 Å². The summed E-state index contributed by atoms with van der Waals surface area (Å²) in [5.74, 6) is 0.963. The summed E-state index contributed by atoms with van der Waals surface area (Å²) in [4.78, 5) is 2.41. The average molecular weight is 207 g/mol. The van der Waals surface area contributed by atoms with Crippen LogP contribution in [0.2, 0.25) is 0 Å². The van der Waals surface area contributed by atoms with Crippen LogP contribution in [0.25, 0.3) is 0 Å². The van der Waals surface area contributed by atoms with Gasteiger partial charge in [-0.2, -0.15) is 0 Å². The van der Waals surface area contributed by atoms with E-state index < -0.39 is 0 Å². The fourth-order valence-corrected chi connectivity index (χ4v) is 1.55. The lowest BCUT2D eigenvalue weighted by molar-refractivity contribution is 0.216. The summed E-state index contributed by atoms with van der Waals surface area (Å²) in [5.41, 5.74) is 0. The summed E-state index contributed by atoms with van der Waals surface area (Å²) in [5, 5.41) is 0. The molecule has 0 unspecified atom stereocenters. The molecule has 0 heterocycles. The van der Waals surface area contributed by atoms with Gasteiger partial charge in [0.2, 0.25) is 0 Å². The fraction of sp³-hybridized carbons (Fsp3) is 0.538. The maximum Gasteiger partial charge on any atom is 0.119 e. The topological polar surface area (TPSA) is 12.5 Å². The summed E-state index contributed by atoms with van der Waals surface area (Å²) < 4.78 is 5.64. The summed E-state index contributed by atoms with van der Waals surface area (Å²) in [6, 6.07) is 9.99. The number of ether oxygens (including phenoxy) is 1. The maximum absolute atomic E-state index is 5.64. The van der Waals surface area contributed by atoms with Gasteiger partial charge >= 0.3 is 0 Å². The van der Waals surface area contributed by atoms with Gasteiger partial charge in [0.05, 0.1) is 0 Å². The highest BCUT2D eigenvalue weighted by Crippen LogP contribution is 2.07. The van der Waals surface area contributed by atoms with Crippen molar-refractivity contribution in [1.29, 1.82) is 0 Å². The molecule has 0 aliphatic carbocycles. The number of para-hydroxylation sites is 1. The fourth-order valence-electron chi connectivity index (χ4n) is 1.55. The van der Waals surface area contributed by atoms with Crippen molar-refractivity contribution in [2.75, 3.05) is 26.2 Å². The van der Waals surface area contributed by atoms with E-state index in [1.54, 1.807) is 0 Å². The van der Waals surface area contributed by atoms with Crippen molar-refractivity contribution in [3.05, 3.63) is 30.3 Å². The van der Waals surface area contributed by atoms with Gasteiger partial charge < -0.3 is 9.64 Å². The Morgan fingerprint density at radius 2 is 1.80 bits per heavy atom. The van der Waals surface area contributed by atoms with E-state index in [0.717, 1.165) is 32.0 Å². The van der Waals surface area contributed by atoms with E-state index in [-0.39, 0.29) is 0 Å². The van der Waals surface area contributed by atoms with Crippen LogP contribution in [0.4, 0.5) is 0 Å². The predicted octanol–water partition coefficient (Wildman–Crippen LogP) is 2.80. The first-order valence-electron chi connectivity index (χ1n) is 5.77. The van der Waals surface area contributed by atoms with Crippen LogP contribution in [-0.4, -0.2) is 31.1 Å². The Labute approximate surface area is 92.9 Å². The Kier molecular flexibility index (Phi) is 5.86. The Morgan fingerprint density at radius 3 is 2.40 bits per heavy atom. The molecule has 0 radical (unpaired) electrons. The van der Waals surface area contributed by atoms with Crippen LogP contribution in [0.3, 0.4) is 0 Å². The minimum atomic E-state index is 0.776. The molecular formula is C13H21NO. The maximum atomic E-state index is 5.64. The Hall–Kier alpha value is -1.02.